The third-order valence-corrected chi connectivity index (χ3v) is 8.43. The highest BCUT2D eigenvalue weighted by Crippen LogP contribution is 2.43. The number of benzene rings is 1. The Morgan fingerprint density at radius 2 is 1.85 bits per heavy atom. The maximum absolute atomic E-state index is 13.0. The third kappa shape index (κ3) is 5.41. The number of sulfonamides is 1. The largest absolute Gasteiger partial charge is 0.334 e. The Hall–Kier alpha value is -0.700. The summed E-state index contributed by atoms with van der Waals surface area (Å²) < 4.78 is 25.8. The van der Waals surface area contributed by atoms with E-state index in [4.69, 9.17) is 0 Å². The van der Waals surface area contributed by atoms with Crippen molar-refractivity contribution in [2.24, 2.45) is 0 Å². The summed E-state index contributed by atoms with van der Waals surface area (Å²) in [5, 5.41) is 0. The highest BCUT2D eigenvalue weighted by molar-refractivity contribution is 8.16. The van der Waals surface area contributed by atoms with Crippen molar-refractivity contribution >= 4 is 39.5 Å². The zero-order valence-electron chi connectivity index (χ0n) is 15.0. The van der Waals surface area contributed by atoms with Crippen LogP contribution < -0.4 is 4.72 Å². The van der Waals surface area contributed by atoms with Gasteiger partial charge in [0.1, 0.15) is 0 Å². The molecular weight excluding hydrogens is 388 g/mol. The van der Waals surface area contributed by atoms with Gasteiger partial charge in [0, 0.05) is 24.7 Å². The van der Waals surface area contributed by atoms with Crippen molar-refractivity contribution in [3.8, 4) is 0 Å². The second kappa shape index (κ2) is 8.99. The lowest BCUT2D eigenvalue weighted by atomic mass is 10.0. The molecule has 2 aliphatic rings. The molecule has 0 aromatic heterocycles. The first kappa shape index (κ1) is 20.0. The van der Waals surface area contributed by atoms with Crippen molar-refractivity contribution in [1.82, 2.24) is 9.62 Å². The lowest BCUT2D eigenvalue weighted by Crippen LogP contribution is -2.49. The van der Waals surface area contributed by atoms with E-state index in [1.165, 1.54) is 23.5 Å². The van der Waals surface area contributed by atoms with Gasteiger partial charge >= 0.3 is 0 Å². The number of hydrogen-bond donors (Lipinski definition) is 1. The molecule has 1 atom stereocenters. The Labute approximate surface area is 164 Å². The van der Waals surface area contributed by atoms with Crippen LogP contribution >= 0.6 is 23.5 Å². The average Bonchev–Trinajstić information content (AvgIpc) is 2.66. The van der Waals surface area contributed by atoms with Gasteiger partial charge < -0.3 is 4.90 Å². The van der Waals surface area contributed by atoms with Gasteiger partial charge in [-0.1, -0.05) is 12.1 Å². The fourth-order valence-corrected chi connectivity index (χ4v) is 6.75. The molecule has 1 N–H and O–H groups in total. The molecule has 2 aliphatic heterocycles. The highest BCUT2D eigenvalue weighted by atomic mass is 32.2. The van der Waals surface area contributed by atoms with E-state index < -0.39 is 10.0 Å². The number of carbonyl (C=O) groups is 1. The summed E-state index contributed by atoms with van der Waals surface area (Å²) >= 11 is 3.94. The fourth-order valence-electron chi connectivity index (χ4n) is 3.36. The number of nitrogens with one attached hydrogen (secondary N) is 1. The normalized spacial score (nSPS) is 22.3. The lowest BCUT2D eigenvalue weighted by Gasteiger charge is -2.36. The molecule has 0 spiro atoms. The Morgan fingerprint density at radius 1 is 1.15 bits per heavy atom. The van der Waals surface area contributed by atoms with Crippen LogP contribution in [-0.4, -0.2) is 56.1 Å². The van der Waals surface area contributed by atoms with Gasteiger partial charge in [-0.05, 0) is 54.9 Å². The minimum atomic E-state index is -3.25. The first-order valence-corrected chi connectivity index (χ1v) is 13.0. The summed E-state index contributed by atoms with van der Waals surface area (Å²) in [4.78, 5) is 14.8. The number of nitrogens with zero attached hydrogens (tertiary/aromatic N) is 1. The van der Waals surface area contributed by atoms with Crippen LogP contribution in [0.3, 0.4) is 0 Å². The molecule has 1 aromatic carbocycles. The van der Waals surface area contributed by atoms with E-state index in [1.54, 1.807) is 0 Å². The van der Waals surface area contributed by atoms with Crippen LogP contribution in [0, 0.1) is 0 Å². The molecule has 144 valence electrons. The number of thioether (sulfide) groups is 2. The summed E-state index contributed by atoms with van der Waals surface area (Å²) in [5.41, 5.74) is 1.95. The third-order valence-electron chi connectivity index (χ3n) is 4.73. The SMILES string of the molecule is CS(=O)(=O)NC[C@@H]1CCCCN1C(=O)c1ccc(C2SCCCS2)cc1. The number of likely N-dealkylation sites (tertiary alicyclic amines) is 1. The molecule has 2 saturated heterocycles. The lowest BCUT2D eigenvalue weighted by molar-refractivity contribution is 0.0619. The molecule has 1 aromatic rings. The maximum atomic E-state index is 13.0. The van der Waals surface area contributed by atoms with Gasteiger partial charge in [0.25, 0.3) is 5.91 Å². The van der Waals surface area contributed by atoms with Crippen LogP contribution in [-0.2, 0) is 10.0 Å². The first-order valence-electron chi connectivity index (χ1n) is 9.03. The molecule has 0 unspecified atom stereocenters. The number of carbonyl (C=O) groups excluding carboxylic acids is 1. The summed E-state index contributed by atoms with van der Waals surface area (Å²) in [6, 6.07) is 7.90. The van der Waals surface area contributed by atoms with Gasteiger partial charge in [-0.25, -0.2) is 13.1 Å². The van der Waals surface area contributed by atoms with Crippen LogP contribution in [0.2, 0.25) is 0 Å². The molecule has 0 saturated carbocycles. The zero-order chi connectivity index (χ0) is 18.6. The molecular formula is C18H26N2O3S3. The van der Waals surface area contributed by atoms with Crippen LogP contribution in [0.25, 0.3) is 0 Å². The molecule has 5 nitrogen and oxygen atoms in total. The van der Waals surface area contributed by atoms with Crippen molar-refractivity contribution < 1.29 is 13.2 Å². The fraction of sp³-hybridized carbons (Fsp3) is 0.611. The van der Waals surface area contributed by atoms with Crippen molar-refractivity contribution in [3.63, 3.8) is 0 Å². The van der Waals surface area contributed by atoms with E-state index in [-0.39, 0.29) is 18.5 Å². The first-order chi connectivity index (χ1) is 12.4. The van der Waals surface area contributed by atoms with Gasteiger partial charge in [-0.3, -0.25) is 4.79 Å². The number of hydrogen-bond acceptors (Lipinski definition) is 5. The van der Waals surface area contributed by atoms with Crippen molar-refractivity contribution in [1.29, 1.82) is 0 Å². The minimum absolute atomic E-state index is 0.000464. The van der Waals surface area contributed by atoms with Gasteiger partial charge in [0.15, 0.2) is 0 Å². The van der Waals surface area contributed by atoms with Crippen molar-refractivity contribution in [2.75, 3.05) is 30.9 Å². The van der Waals surface area contributed by atoms with Crippen molar-refractivity contribution in [3.05, 3.63) is 35.4 Å². The predicted octanol–water partition coefficient (Wildman–Crippen LogP) is 3.10. The van der Waals surface area contributed by atoms with E-state index in [1.807, 2.05) is 40.6 Å². The summed E-state index contributed by atoms with van der Waals surface area (Å²) in [5.74, 6) is 2.39. The molecule has 1 amide bonds. The molecule has 0 aliphatic carbocycles. The average molecular weight is 415 g/mol. The van der Waals surface area contributed by atoms with E-state index in [0.29, 0.717) is 16.7 Å². The highest BCUT2D eigenvalue weighted by Gasteiger charge is 2.28. The topological polar surface area (TPSA) is 66.5 Å². The quantitative estimate of drug-likeness (QED) is 0.802. The second-order valence-corrected chi connectivity index (χ2v) is 11.4. The Morgan fingerprint density at radius 3 is 2.50 bits per heavy atom. The molecule has 26 heavy (non-hydrogen) atoms. The van der Waals surface area contributed by atoms with Gasteiger partial charge in [-0.15, -0.1) is 23.5 Å². The van der Waals surface area contributed by atoms with Gasteiger partial charge in [-0.2, -0.15) is 0 Å². The van der Waals surface area contributed by atoms with E-state index in [2.05, 4.69) is 16.9 Å². The smallest absolute Gasteiger partial charge is 0.254 e. The van der Waals surface area contributed by atoms with Crippen LogP contribution in [0.4, 0.5) is 0 Å². The number of rotatable bonds is 5. The van der Waals surface area contributed by atoms with Crippen LogP contribution in [0.5, 0.6) is 0 Å². The Bertz CT molecular complexity index is 716. The van der Waals surface area contributed by atoms with E-state index in [9.17, 15) is 13.2 Å². The molecule has 3 rings (SSSR count). The summed E-state index contributed by atoms with van der Waals surface area (Å²) in [7, 11) is -3.25. The summed E-state index contributed by atoms with van der Waals surface area (Å²) in [6.07, 6.45) is 5.24. The van der Waals surface area contributed by atoms with E-state index in [0.717, 1.165) is 25.5 Å². The number of amides is 1. The molecule has 0 radical (unpaired) electrons. The van der Waals surface area contributed by atoms with Crippen LogP contribution in [0.1, 0.15) is 46.2 Å². The maximum Gasteiger partial charge on any atom is 0.254 e. The Balaban J connectivity index is 1.67. The number of piperidine rings is 1. The Kier molecular flexibility index (Phi) is 6.93. The molecule has 8 heteroatoms. The molecule has 2 fully saturated rings. The van der Waals surface area contributed by atoms with E-state index >= 15 is 0 Å². The monoisotopic (exact) mass is 414 g/mol. The molecule has 0 bridgehead atoms. The van der Waals surface area contributed by atoms with Gasteiger partial charge in [0.2, 0.25) is 10.0 Å². The zero-order valence-corrected chi connectivity index (χ0v) is 17.5. The van der Waals surface area contributed by atoms with Gasteiger partial charge in [0.05, 0.1) is 10.8 Å². The van der Waals surface area contributed by atoms with Crippen LogP contribution in [0.15, 0.2) is 24.3 Å². The summed E-state index contributed by atoms with van der Waals surface area (Å²) in [6.45, 7) is 0.975. The second-order valence-electron chi connectivity index (χ2n) is 6.82. The van der Waals surface area contributed by atoms with Crippen molar-refractivity contribution in [2.45, 2.75) is 36.3 Å². The predicted molar refractivity (Wildman–Crippen MR) is 110 cm³/mol. The minimum Gasteiger partial charge on any atom is -0.334 e. The standard InChI is InChI=1S/C18H26N2O3S3/c1-26(22,23)19-13-16-5-2-3-10-20(16)17(21)14-6-8-15(9-7-14)18-24-11-4-12-25-18/h6-9,16,18-19H,2-5,10-13H2,1H3/t16-/m0/s1. The molecule has 2 heterocycles.